The van der Waals surface area contributed by atoms with Crippen LogP contribution >= 0.6 is 0 Å². The zero-order valence-corrected chi connectivity index (χ0v) is 13.4. The van der Waals surface area contributed by atoms with E-state index in [-0.39, 0.29) is 18.0 Å². The summed E-state index contributed by atoms with van der Waals surface area (Å²) in [5.74, 6) is -0.0650. The number of hydrogen-bond acceptors (Lipinski definition) is 4. The lowest BCUT2D eigenvalue weighted by atomic mass is 10.0. The summed E-state index contributed by atoms with van der Waals surface area (Å²) in [6.07, 6.45) is 1.81. The molecule has 1 amide bonds. The van der Waals surface area contributed by atoms with E-state index >= 15 is 0 Å². The summed E-state index contributed by atoms with van der Waals surface area (Å²) in [7, 11) is 1.91. The van der Waals surface area contributed by atoms with Crippen molar-refractivity contribution in [3.05, 3.63) is 42.1 Å². The monoisotopic (exact) mass is 314 g/mol. The Hall–Kier alpha value is -2.18. The normalized spacial score (nSPS) is 22.0. The van der Waals surface area contributed by atoms with Gasteiger partial charge in [-0.2, -0.15) is 5.10 Å². The molecule has 0 bridgehead atoms. The number of nitrogens with one attached hydrogen (secondary N) is 2. The standard InChI is InChI=1S/C17H22N4O2/c1-11(20-17(23)15-9-14(22)10-18-15)12-3-5-13(6-4-12)16-7-8-19-21(16)2/h3-8,11,14-15,18,22H,9-10H2,1-2H3,(H,20,23)/t11?,14-,15+/m1/s1. The van der Waals surface area contributed by atoms with Crippen LogP contribution in [0.5, 0.6) is 0 Å². The predicted molar refractivity (Wildman–Crippen MR) is 87.6 cm³/mol. The molecule has 0 spiro atoms. The van der Waals surface area contributed by atoms with Gasteiger partial charge in [0.25, 0.3) is 0 Å². The number of aromatic nitrogens is 2. The maximum Gasteiger partial charge on any atom is 0.237 e. The highest BCUT2D eigenvalue weighted by molar-refractivity contribution is 5.82. The van der Waals surface area contributed by atoms with E-state index in [1.807, 2.05) is 49.0 Å². The first kappa shape index (κ1) is 15.7. The van der Waals surface area contributed by atoms with Crippen molar-refractivity contribution >= 4 is 5.91 Å². The third-order valence-electron chi connectivity index (χ3n) is 4.31. The Bertz CT molecular complexity index is 680. The third kappa shape index (κ3) is 3.43. The van der Waals surface area contributed by atoms with Crippen LogP contribution in [0.15, 0.2) is 36.5 Å². The van der Waals surface area contributed by atoms with Gasteiger partial charge in [-0.3, -0.25) is 9.48 Å². The van der Waals surface area contributed by atoms with Gasteiger partial charge in [-0.25, -0.2) is 0 Å². The topological polar surface area (TPSA) is 79.2 Å². The number of amides is 1. The fourth-order valence-corrected chi connectivity index (χ4v) is 2.91. The summed E-state index contributed by atoms with van der Waals surface area (Å²) in [6, 6.07) is 9.69. The molecule has 0 radical (unpaired) electrons. The number of carbonyl (C=O) groups is 1. The van der Waals surface area contributed by atoms with Crippen LogP contribution < -0.4 is 10.6 Å². The third-order valence-corrected chi connectivity index (χ3v) is 4.31. The Balaban J connectivity index is 1.65. The van der Waals surface area contributed by atoms with Gasteiger partial charge in [0.1, 0.15) is 0 Å². The molecule has 1 saturated heterocycles. The van der Waals surface area contributed by atoms with Gasteiger partial charge in [-0.05, 0) is 30.5 Å². The lowest BCUT2D eigenvalue weighted by molar-refractivity contribution is -0.123. The number of aryl methyl sites for hydroxylation is 1. The van der Waals surface area contributed by atoms with E-state index in [1.54, 1.807) is 6.20 Å². The summed E-state index contributed by atoms with van der Waals surface area (Å²) in [4.78, 5) is 12.2. The van der Waals surface area contributed by atoms with E-state index in [4.69, 9.17) is 0 Å². The summed E-state index contributed by atoms with van der Waals surface area (Å²) in [5, 5.41) is 19.7. The molecule has 6 nitrogen and oxygen atoms in total. The molecule has 2 aromatic rings. The molecule has 3 N–H and O–H groups in total. The number of β-amino-alcohol motifs (C(OH)–C–C–N with tert-alkyl or cyclic N) is 1. The minimum atomic E-state index is -0.431. The van der Waals surface area contributed by atoms with Crippen molar-refractivity contribution in [2.75, 3.05) is 6.54 Å². The number of rotatable bonds is 4. The van der Waals surface area contributed by atoms with Gasteiger partial charge in [0.05, 0.1) is 23.9 Å². The molecular formula is C17H22N4O2. The molecule has 1 aliphatic heterocycles. The van der Waals surface area contributed by atoms with E-state index in [9.17, 15) is 9.90 Å². The van der Waals surface area contributed by atoms with Gasteiger partial charge in [0.2, 0.25) is 5.91 Å². The number of hydrogen-bond donors (Lipinski definition) is 3. The number of aliphatic hydroxyl groups excluding tert-OH is 1. The summed E-state index contributed by atoms with van der Waals surface area (Å²) in [5.41, 5.74) is 3.19. The Morgan fingerprint density at radius 3 is 2.70 bits per heavy atom. The average molecular weight is 314 g/mol. The van der Waals surface area contributed by atoms with Crippen LogP contribution in [0.4, 0.5) is 0 Å². The van der Waals surface area contributed by atoms with E-state index in [2.05, 4.69) is 15.7 Å². The van der Waals surface area contributed by atoms with Crippen molar-refractivity contribution in [3.63, 3.8) is 0 Å². The molecule has 122 valence electrons. The Kier molecular flexibility index (Phi) is 4.45. The van der Waals surface area contributed by atoms with Crippen LogP contribution in [0.2, 0.25) is 0 Å². The number of carbonyl (C=O) groups excluding carboxylic acids is 1. The first-order chi connectivity index (χ1) is 11.0. The van der Waals surface area contributed by atoms with Crippen molar-refractivity contribution in [2.45, 2.75) is 31.5 Å². The average Bonchev–Trinajstić information content (AvgIpc) is 3.16. The van der Waals surface area contributed by atoms with Crippen molar-refractivity contribution in [3.8, 4) is 11.3 Å². The van der Waals surface area contributed by atoms with Gasteiger partial charge in [0, 0.05) is 19.8 Å². The molecule has 0 saturated carbocycles. The molecule has 0 aliphatic carbocycles. The maximum atomic E-state index is 12.2. The Morgan fingerprint density at radius 1 is 1.39 bits per heavy atom. The van der Waals surface area contributed by atoms with Crippen LogP contribution in [0.3, 0.4) is 0 Å². The van der Waals surface area contributed by atoms with Gasteiger partial charge in [-0.1, -0.05) is 24.3 Å². The number of nitrogens with zero attached hydrogens (tertiary/aromatic N) is 2. The molecule has 23 heavy (non-hydrogen) atoms. The summed E-state index contributed by atoms with van der Waals surface area (Å²) < 4.78 is 1.83. The lowest BCUT2D eigenvalue weighted by Crippen LogP contribution is -2.41. The second kappa shape index (κ2) is 6.52. The largest absolute Gasteiger partial charge is 0.392 e. The molecule has 6 heteroatoms. The van der Waals surface area contributed by atoms with Crippen LogP contribution in [0.1, 0.15) is 24.9 Å². The Morgan fingerprint density at radius 2 is 2.13 bits per heavy atom. The zero-order valence-electron chi connectivity index (χ0n) is 13.4. The first-order valence-corrected chi connectivity index (χ1v) is 7.85. The minimum Gasteiger partial charge on any atom is -0.392 e. The van der Waals surface area contributed by atoms with Crippen molar-refractivity contribution in [1.82, 2.24) is 20.4 Å². The summed E-state index contributed by atoms with van der Waals surface area (Å²) in [6.45, 7) is 2.44. The van der Waals surface area contributed by atoms with Crippen molar-refractivity contribution < 1.29 is 9.90 Å². The van der Waals surface area contributed by atoms with Gasteiger partial charge < -0.3 is 15.7 Å². The van der Waals surface area contributed by atoms with Gasteiger partial charge in [-0.15, -0.1) is 0 Å². The molecule has 3 rings (SSSR count). The van der Waals surface area contributed by atoms with Crippen LogP contribution in [-0.2, 0) is 11.8 Å². The number of benzene rings is 1. The molecule has 3 atom stereocenters. The van der Waals surface area contributed by atoms with Crippen LogP contribution in [-0.4, -0.2) is 39.5 Å². The molecule has 1 aliphatic rings. The van der Waals surface area contributed by atoms with Crippen molar-refractivity contribution in [1.29, 1.82) is 0 Å². The van der Waals surface area contributed by atoms with Gasteiger partial charge in [0.15, 0.2) is 0 Å². The molecule has 1 unspecified atom stereocenters. The molecule has 1 aromatic carbocycles. The predicted octanol–water partition coefficient (Wildman–Crippen LogP) is 0.987. The Labute approximate surface area is 135 Å². The quantitative estimate of drug-likeness (QED) is 0.786. The van der Waals surface area contributed by atoms with E-state index in [0.717, 1.165) is 16.8 Å². The second-order valence-corrected chi connectivity index (χ2v) is 6.04. The second-order valence-electron chi connectivity index (χ2n) is 6.04. The first-order valence-electron chi connectivity index (χ1n) is 7.85. The van der Waals surface area contributed by atoms with Gasteiger partial charge >= 0.3 is 0 Å². The highest BCUT2D eigenvalue weighted by atomic mass is 16.3. The molecule has 1 aromatic heterocycles. The minimum absolute atomic E-state index is 0.0650. The van der Waals surface area contributed by atoms with E-state index in [1.165, 1.54) is 0 Å². The van der Waals surface area contributed by atoms with Crippen LogP contribution in [0, 0.1) is 0 Å². The van der Waals surface area contributed by atoms with E-state index in [0.29, 0.717) is 13.0 Å². The molecule has 2 heterocycles. The van der Waals surface area contributed by atoms with Crippen molar-refractivity contribution in [2.24, 2.45) is 7.05 Å². The fourth-order valence-electron chi connectivity index (χ4n) is 2.91. The highest BCUT2D eigenvalue weighted by Gasteiger charge is 2.28. The fraction of sp³-hybridized carbons (Fsp3) is 0.412. The highest BCUT2D eigenvalue weighted by Crippen LogP contribution is 2.21. The molecular weight excluding hydrogens is 292 g/mol. The zero-order chi connectivity index (χ0) is 16.4. The van der Waals surface area contributed by atoms with E-state index < -0.39 is 6.10 Å². The smallest absolute Gasteiger partial charge is 0.237 e. The lowest BCUT2D eigenvalue weighted by Gasteiger charge is -2.18. The molecule has 1 fully saturated rings. The SMILES string of the molecule is CC(NC(=O)[C@@H]1C[C@@H](O)CN1)c1ccc(-c2ccnn2C)cc1. The maximum absolute atomic E-state index is 12.2. The van der Waals surface area contributed by atoms with Crippen LogP contribution in [0.25, 0.3) is 11.3 Å². The summed E-state index contributed by atoms with van der Waals surface area (Å²) >= 11 is 0. The number of aliphatic hydroxyl groups is 1.